The second kappa shape index (κ2) is 5.52. The Morgan fingerprint density at radius 3 is 1.14 bits per heavy atom. The fourth-order valence-corrected chi connectivity index (χ4v) is 0. The van der Waals surface area contributed by atoms with Crippen molar-refractivity contribution in [2.75, 3.05) is 0 Å². The Kier molecular flexibility index (Phi) is 12.4. The monoisotopic (exact) mass is 215 g/mol. The van der Waals surface area contributed by atoms with Crippen molar-refractivity contribution in [1.29, 1.82) is 0 Å². The van der Waals surface area contributed by atoms with Crippen LogP contribution >= 0.6 is 7.82 Å². The van der Waals surface area contributed by atoms with E-state index in [-0.39, 0.29) is 39.7 Å². The quantitative estimate of drug-likeness (QED) is 0.314. The zero-order chi connectivity index (χ0) is 4.50. The molecule has 7 heavy (non-hydrogen) atoms. The zero-order valence-corrected chi connectivity index (χ0v) is 7.35. The Labute approximate surface area is 66.8 Å². The Hall–Kier alpha value is 1.38. The van der Waals surface area contributed by atoms with Crippen molar-refractivity contribution >= 4 is 25.2 Å². The van der Waals surface area contributed by atoms with Crippen LogP contribution in [-0.4, -0.2) is 17.4 Å². The van der Waals surface area contributed by atoms with E-state index in [1.54, 1.807) is 0 Å². The molecule has 0 saturated carbocycles. The van der Waals surface area contributed by atoms with Crippen molar-refractivity contribution in [2.45, 2.75) is 0 Å². The molecular weight excluding hydrogens is 215 g/mol. The van der Waals surface area contributed by atoms with Gasteiger partial charge in [0.15, 0.2) is 0 Å². The van der Waals surface area contributed by atoms with Gasteiger partial charge in [-0.25, -0.2) is 0 Å². The van der Waals surface area contributed by atoms with E-state index < -0.39 is 7.82 Å². The standard InChI is InChI=1S/Al.Nb.H3O4P/c;;1-5(2,3)4/h;;(H3,1,2,3,4)/q+3;;/p-3. The molecule has 0 heterocycles. The van der Waals surface area contributed by atoms with Crippen LogP contribution < -0.4 is 14.7 Å². The largest absolute Gasteiger partial charge is 3.00 e. The molecule has 0 atom stereocenters. The summed E-state index contributed by atoms with van der Waals surface area (Å²) in [5, 5.41) is 0. The molecule has 4 nitrogen and oxygen atoms in total. The van der Waals surface area contributed by atoms with Gasteiger partial charge in [-0.1, -0.05) is 0 Å². The molecule has 0 aromatic rings. The Bertz CT molecular complexity index is 57.8. The molecular formula is AlNbO4P. The molecule has 0 aromatic heterocycles. The van der Waals surface area contributed by atoms with Gasteiger partial charge in [-0.15, -0.1) is 0 Å². The number of hydrogen-bond donors (Lipinski definition) is 0. The van der Waals surface area contributed by atoms with Crippen LogP contribution in [0.3, 0.4) is 0 Å². The van der Waals surface area contributed by atoms with E-state index in [4.69, 9.17) is 19.2 Å². The SMILES string of the molecule is O=P([O-])([O-])[O-].[Al+3].[Nb]. The average molecular weight is 215 g/mol. The normalized spacial score (nSPS) is 8.43. The Balaban J connectivity index is -0.0000000800. The third-order valence-electron chi connectivity index (χ3n) is 0. The third kappa shape index (κ3) is 112. The summed E-state index contributed by atoms with van der Waals surface area (Å²) < 4.78 is 8.55. The van der Waals surface area contributed by atoms with Crippen LogP contribution in [0.4, 0.5) is 0 Å². The molecule has 0 saturated heterocycles. The molecule has 1 radical (unpaired) electrons. The van der Waals surface area contributed by atoms with E-state index in [0.717, 1.165) is 0 Å². The maximum absolute atomic E-state index is 8.55. The van der Waals surface area contributed by atoms with Crippen molar-refractivity contribution in [3.63, 3.8) is 0 Å². The first-order chi connectivity index (χ1) is 2.00. The number of phosphoric acid groups is 1. The van der Waals surface area contributed by atoms with Crippen molar-refractivity contribution in [3.8, 4) is 0 Å². The van der Waals surface area contributed by atoms with Gasteiger partial charge in [0.2, 0.25) is 0 Å². The summed E-state index contributed by atoms with van der Waals surface area (Å²) in [5.74, 6) is 0. The van der Waals surface area contributed by atoms with Crippen molar-refractivity contribution < 1.29 is 41.6 Å². The summed E-state index contributed by atoms with van der Waals surface area (Å²) in [6.45, 7) is 0. The fourth-order valence-electron chi connectivity index (χ4n) is 0. The van der Waals surface area contributed by atoms with Crippen molar-refractivity contribution in [3.05, 3.63) is 0 Å². The molecule has 0 aliphatic rings. The molecule has 0 aromatic carbocycles. The maximum atomic E-state index is 8.55. The van der Waals surface area contributed by atoms with Gasteiger partial charge in [0.1, 0.15) is 0 Å². The van der Waals surface area contributed by atoms with Gasteiger partial charge in [0.25, 0.3) is 0 Å². The topological polar surface area (TPSA) is 86.2 Å². The second-order valence-corrected chi connectivity index (χ2v) is 1.34. The van der Waals surface area contributed by atoms with Crippen LogP contribution in [0.15, 0.2) is 0 Å². The van der Waals surface area contributed by atoms with Crippen molar-refractivity contribution in [1.82, 2.24) is 0 Å². The van der Waals surface area contributed by atoms with Crippen LogP contribution in [0.5, 0.6) is 0 Å². The molecule has 0 fully saturated rings. The van der Waals surface area contributed by atoms with Crippen LogP contribution in [0, 0.1) is 0 Å². The first-order valence-corrected chi connectivity index (χ1v) is 2.19. The summed E-state index contributed by atoms with van der Waals surface area (Å²) >= 11 is 0. The van der Waals surface area contributed by atoms with Gasteiger partial charge >= 0.3 is 17.4 Å². The Morgan fingerprint density at radius 1 is 1.14 bits per heavy atom. The number of rotatable bonds is 0. The first-order valence-electron chi connectivity index (χ1n) is 0.730. The van der Waals surface area contributed by atoms with Crippen molar-refractivity contribution in [2.24, 2.45) is 0 Å². The molecule has 0 rings (SSSR count). The summed E-state index contributed by atoms with van der Waals surface area (Å²) in [6.07, 6.45) is 0. The van der Waals surface area contributed by atoms with Crippen LogP contribution in [0.25, 0.3) is 0 Å². The van der Waals surface area contributed by atoms with E-state index in [1.807, 2.05) is 0 Å². The third-order valence-corrected chi connectivity index (χ3v) is 0. The molecule has 0 N–H and O–H groups in total. The van der Waals surface area contributed by atoms with Gasteiger partial charge in [-0.05, 0) is 0 Å². The van der Waals surface area contributed by atoms with E-state index in [1.165, 1.54) is 0 Å². The molecule has 0 amide bonds. The van der Waals surface area contributed by atoms with Gasteiger partial charge in [-0.2, -0.15) is 7.82 Å². The van der Waals surface area contributed by atoms with Gasteiger partial charge in [-0.3, -0.25) is 0 Å². The summed E-state index contributed by atoms with van der Waals surface area (Å²) in [4.78, 5) is 25.6. The van der Waals surface area contributed by atoms with Gasteiger partial charge in [0, 0.05) is 22.4 Å². The van der Waals surface area contributed by atoms with Gasteiger partial charge < -0.3 is 19.2 Å². The molecule has 0 spiro atoms. The summed E-state index contributed by atoms with van der Waals surface area (Å²) in [5.41, 5.74) is 0. The molecule has 0 aliphatic carbocycles. The average Bonchev–Trinajstić information content (AvgIpc) is 0.722. The summed E-state index contributed by atoms with van der Waals surface area (Å²) in [7, 11) is -5.39. The van der Waals surface area contributed by atoms with Gasteiger partial charge in [0.05, 0.1) is 0 Å². The molecule has 0 unspecified atom stereocenters. The minimum Gasteiger partial charge on any atom is -0.822 e. The predicted molar refractivity (Wildman–Crippen MR) is 13.4 cm³/mol. The molecule has 7 heteroatoms. The smallest absolute Gasteiger partial charge is 0.822 e. The Morgan fingerprint density at radius 2 is 1.14 bits per heavy atom. The first kappa shape index (κ1) is 15.8. The molecule has 37 valence electrons. The van der Waals surface area contributed by atoms with Crippen LogP contribution in [-0.2, 0) is 26.9 Å². The minimum absolute atomic E-state index is 0. The summed E-state index contributed by atoms with van der Waals surface area (Å²) in [6, 6.07) is 0. The molecule has 0 bridgehead atoms. The van der Waals surface area contributed by atoms with Crippen LogP contribution in [0.1, 0.15) is 0 Å². The maximum Gasteiger partial charge on any atom is 3.00 e. The fraction of sp³-hybridized carbons (Fsp3) is 0. The van der Waals surface area contributed by atoms with E-state index in [0.29, 0.717) is 0 Å². The van der Waals surface area contributed by atoms with E-state index >= 15 is 0 Å². The molecule has 0 aliphatic heterocycles. The predicted octanol–water partition coefficient (Wildman–Crippen LogP) is -3.21. The number of hydrogen-bond acceptors (Lipinski definition) is 4. The van der Waals surface area contributed by atoms with Crippen LogP contribution in [0.2, 0.25) is 0 Å². The minimum atomic E-state index is -5.39. The zero-order valence-electron chi connectivity index (χ0n) is 3.10. The second-order valence-electron chi connectivity index (χ2n) is 0.447. The van der Waals surface area contributed by atoms with E-state index in [2.05, 4.69) is 0 Å². The van der Waals surface area contributed by atoms with E-state index in [9.17, 15) is 0 Å².